The first-order valence-electron chi connectivity index (χ1n) is 8.52. The second kappa shape index (κ2) is 6.40. The van der Waals surface area contributed by atoms with Crippen molar-refractivity contribution in [3.8, 4) is 0 Å². The Morgan fingerprint density at radius 3 is 3.00 bits per heavy atom. The van der Waals surface area contributed by atoms with E-state index in [-0.39, 0.29) is 5.91 Å². The predicted molar refractivity (Wildman–Crippen MR) is 97.6 cm³/mol. The summed E-state index contributed by atoms with van der Waals surface area (Å²) in [6.45, 7) is 1.62. The molecule has 2 heterocycles. The van der Waals surface area contributed by atoms with Gasteiger partial charge in [0.1, 0.15) is 0 Å². The lowest BCUT2D eigenvalue weighted by Gasteiger charge is -2.20. The molecule has 0 atom stereocenters. The maximum atomic E-state index is 12.6. The molecule has 4 nitrogen and oxygen atoms in total. The van der Waals surface area contributed by atoms with E-state index in [1.54, 1.807) is 0 Å². The highest BCUT2D eigenvalue weighted by atomic mass is 16.1. The topological polar surface area (TPSA) is 56.9 Å². The van der Waals surface area contributed by atoms with Crippen LogP contribution < -0.4 is 10.6 Å². The van der Waals surface area contributed by atoms with Crippen LogP contribution >= 0.6 is 0 Å². The van der Waals surface area contributed by atoms with Crippen molar-refractivity contribution in [2.75, 3.05) is 18.4 Å². The monoisotopic (exact) mass is 319 g/mol. The van der Waals surface area contributed by atoms with Gasteiger partial charge in [-0.3, -0.25) is 4.79 Å². The Morgan fingerprint density at radius 2 is 2.04 bits per heavy atom. The Labute approximate surface area is 141 Å². The number of amides is 1. The number of nitrogens with one attached hydrogen (secondary N) is 3. The minimum Gasteiger partial charge on any atom is -0.385 e. The van der Waals surface area contributed by atoms with Crippen molar-refractivity contribution >= 4 is 22.5 Å². The average Bonchev–Trinajstić information content (AvgIpc) is 3.04. The van der Waals surface area contributed by atoms with Crippen LogP contribution in [0.25, 0.3) is 10.9 Å². The molecule has 3 aromatic rings. The fourth-order valence-electron chi connectivity index (χ4n) is 3.47. The van der Waals surface area contributed by atoms with Crippen molar-refractivity contribution in [3.63, 3.8) is 0 Å². The molecule has 1 aromatic heterocycles. The number of fused-ring (bicyclic) bond motifs is 2. The predicted octanol–water partition coefficient (Wildman–Crippen LogP) is 3.50. The summed E-state index contributed by atoms with van der Waals surface area (Å²) < 4.78 is 0. The van der Waals surface area contributed by atoms with Gasteiger partial charge in [0.25, 0.3) is 5.91 Å². The molecule has 0 aliphatic carbocycles. The summed E-state index contributed by atoms with van der Waals surface area (Å²) >= 11 is 0. The number of aromatic amines is 1. The Hall–Kier alpha value is -2.75. The molecule has 0 saturated heterocycles. The Balaban J connectivity index is 1.44. The van der Waals surface area contributed by atoms with Crippen LogP contribution in [-0.4, -0.2) is 24.0 Å². The molecule has 4 heteroatoms. The van der Waals surface area contributed by atoms with Crippen molar-refractivity contribution in [3.05, 3.63) is 65.4 Å². The van der Waals surface area contributed by atoms with Crippen LogP contribution in [0.1, 0.15) is 27.9 Å². The van der Waals surface area contributed by atoms with Gasteiger partial charge in [-0.2, -0.15) is 0 Å². The van der Waals surface area contributed by atoms with Gasteiger partial charge in [-0.15, -0.1) is 0 Å². The van der Waals surface area contributed by atoms with E-state index in [2.05, 4.69) is 33.8 Å². The zero-order valence-corrected chi connectivity index (χ0v) is 13.6. The quantitative estimate of drug-likeness (QED) is 0.689. The molecule has 122 valence electrons. The number of carbonyl (C=O) groups is 1. The smallest absolute Gasteiger partial charge is 0.251 e. The number of benzene rings is 2. The van der Waals surface area contributed by atoms with Gasteiger partial charge in [-0.1, -0.05) is 24.3 Å². The standard InChI is InChI=1S/C20H21N3O/c24-20(17-6-3-9-19-16(17)7-4-11-21-19)22-12-10-14-13-23-18-8-2-1-5-15(14)18/h1-3,5-6,8-9,13,21,23H,4,7,10-12H2,(H,22,24). The summed E-state index contributed by atoms with van der Waals surface area (Å²) in [6, 6.07) is 14.2. The number of anilines is 1. The first-order chi connectivity index (χ1) is 11.8. The highest BCUT2D eigenvalue weighted by Gasteiger charge is 2.17. The van der Waals surface area contributed by atoms with E-state index in [1.807, 2.05) is 30.5 Å². The molecular formula is C20H21N3O. The molecule has 0 fully saturated rings. The normalized spacial score (nSPS) is 13.3. The van der Waals surface area contributed by atoms with Crippen molar-refractivity contribution in [1.29, 1.82) is 0 Å². The third-order valence-corrected chi connectivity index (χ3v) is 4.69. The maximum Gasteiger partial charge on any atom is 0.251 e. The van der Waals surface area contributed by atoms with Crippen molar-refractivity contribution in [1.82, 2.24) is 10.3 Å². The van der Waals surface area contributed by atoms with E-state index in [4.69, 9.17) is 0 Å². The van der Waals surface area contributed by atoms with Crippen LogP contribution in [0.4, 0.5) is 5.69 Å². The summed E-state index contributed by atoms with van der Waals surface area (Å²) in [5.41, 5.74) is 5.43. The lowest BCUT2D eigenvalue weighted by atomic mass is 9.97. The summed E-state index contributed by atoms with van der Waals surface area (Å²) in [4.78, 5) is 15.8. The Kier molecular flexibility index (Phi) is 3.95. The molecule has 1 aliphatic heterocycles. The molecule has 0 spiro atoms. The van der Waals surface area contributed by atoms with E-state index in [1.165, 1.54) is 10.9 Å². The average molecular weight is 319 g/mol. The number of aromatic nitrogens is 1. The zero-order chi connectivity index (χ0) is 16.4. The van der Waals surface area contributed by atoms with Gasteiger partial charge in [0.05, 0.1) is 0 Å². The van der Waals surface area contributed by atoms with Crippen LogP contribution in [0, 0.1) is 0 Å². The fraction of sp³-hybridized carbons (Fsp3) is 0.250. The first kappa shape index (κ1) is 14.8. The summed E-state index contributed by atoms with van der Waals surface area (Å²) in [6.07, 6.45) is 4.90. The second-order valence-electron chi connectivity index (χ2n) is 6.23. The molecule has 1 amide bonds. The molecule has 0 radical (unpaired) electrons. The van der Waals surface area contributed by atoms with Gasteiger partial charge in [0, 0.05) is 41.4 Å². The third-order valence-electron chi connectivity index (χ3n) is 4.69. The van der Waals surface area contributed by atoms with Crippen molar-refractivity contribution in [2.45, 2.75) is 19.3 Å². The van der Waals surface area contributed by atoms with Crippen LogP contribution in [0.15, 0.2) is 48.7 Å². The van der Waals surface area contributed by atoms with Gasteiger partial charge >= 0.3 is 0 Å². The van der Waals surface area contributed by atoms with E-state index in [0.717, 1.165) is 48.1 Å². The number of carbonyl (C=O) groups excluding carboxylic acids is 1. The largest absolute Gasteiger partial charge is 0.385 e. The number of hydrogen-bond acceptors (Lipinski definition) is 2. The lowest BCUT2D eigenvalue weighted by molar-refractivity contribution is 0.0953. The van der Waals surface area contributed by atoms with Gasteiger partial charge in [0.15, 0.2) is 0 Å². The Bertz CT molecular complexity index is 881. The summed E-state index contributed by atoms with van der Waals surface area (Å²) in [5, 5.41) is 7.67. The van der Waals surface area contributed by atoms with Crippen molar-refractivity contribution in [2.24, 2.45) is 0 Å². The maximum absolute atomic E-state index is 12.6. The van der Waals surface area contributed by atoms with E-state index < -0.39 is 0 Å². The summed E-state index contributed by atoms with van der Waals surface area (Å²) in [5.74, 6) is 0.0235. The molecule has 24 heavy (non-hydrogen) atoms. The molecule has 2 aromatic carbocycles. The van der Waals surface area contributed by atoms with E-state index in [9.17, 15) is 4.79 Å². The third kappa shape index (κ3) is 2.75. The zero-order valence-electron chi connectivity index (χ0n) is 13.6. The van der Waals surface area contributed by atoms with Gasteiger partial charge in [-0.05, 0) is 48.6 Å². The molecular weight excluding hydrogens is 298 g/mol. The van der Waals surface area contributed by atoms with Crippen LogP contribution in [0.2, 0.25) is 0 Å². The van der Waals surface area contributed by atoms with Gasteiger partial charge in [0.2, 0.25) is 0 Å². The highest BCUT2D eigenvalue weighted by Crippen LogP contribution is 2.25. The number of rotatable bonds is 4. The molecule has 1 aliphatic rings. The van der Waals surface area contributed by atoms with Crippen LogP contribution in [-0.2, 0) is 12.8 Å². The minimum absolute atomic E-state index is 0.0235. The minimum atomic E-state index is 0.0235. The Morgan fingerprint density at radius 1 is 1.12 bits per heavy atom. The lowest BCUT2D eigenvalue weighted by Crippen LogP contribution is -2.27. The number of H-pyrrole nitrogens is 1. The van der Waals surface area contributed by atoms with Gasteiger partial charge in [-0.25, -0.2) is 0 Å². The number of hydrogen-bond donors (Lipinski definition) is 3. The molecule has 0 saturated carbocycles. The van der Waals surface area contributed by atoms with Crippen molar-refractivity contribution < 1.29 is 4.79 Å². The SMILES string of the molecule is O=C(NCCc1c[nH]c2ccccc12)c1cccc2c1CCCN2. The highest BCUT2D eigenvalue weighted by molar-refractivity contribution is 5.97. The van der Waals surface area contributed by atoms with E-state index in [0.29, 0.717) is 6.54 Å². The molecule has 3 N–H and O–H groups in total. The van der Waals surface area contributed by atoms with Gasteiger partial charge < -0.3 is 15.6 Å². The number of para-hydroxylation sites is 1. The van der Waals surface area contributed by atoms with E-state index >= 15 is 0 Å². The molecule has 4 rings (SSSR count). The molecule has 0 unspecified atom stereocenters. The first-order valence-corrected chi connectivity index (χ1v) is 8.52. The fourth-order valence-corrected chi connectivity index (χ4v) is 3.47. The van der Waals surface area contributed by atoms with Crippen LogP contribution in [0.3, 0.4) is 0 Å². The molecule has 0 bridgehead atoms. The second-order valence-corrected chi connectivity index (χ2v) is 6.23. The summed E-state index contributed by atoms with van der Waals surface area (Å²) in [7, 11) is 0. The van der Waals surface area contributed by atoms with Crippen LogP contribution in [0.5, 0.6) is 0 Å².